The number of hydrogen-bond acceptors (Lipinski definition) is 3. The van der Waals surface area contributed by atoms with Gasteiger partial charge in [0.15, 0.2) is 0 Å². The second kappa shape index (κ2) is 2.96. The minimum Gasteiger partial charge on any atom is -0.482 e. The molecular formula is C6H8O3S. The molecule has 0 bridgehead atoms. The van der Waals surface area contributed by atoms with Crippen LogP contribution in [0.1, 0.15) is 6.92 Å². The minimum atomic E-state index is -0.889. The van der Waals surface area contributed by atoms with E-state index >= 15 is 0 Å². The van der Waals surface area contributed by atoms with Crippen molar-refractivity contribution >= 4 is 17.7 Å². The molecule has 0 fully saturated rings. The topological polar surface area (TPSA) is 46.5 Å². The van der Waals surface area contributed by atoms with E-state index in [9.17, 15) is 4.79 Å². The molecule has 0 saturated heterocycles. The minimum absolute atomic E-state index is 0.507. The van der Waals surface area contributed by atoms with Gasteiger partial charge in [-0.1, -0.05) is 0 Å². The standard InChI is InChI=1S/C6H8O3S/c1-4-2-10-3-5(9-4)6(7)8/h2,5H,3H2,1H3,(H,7,8). The molecule has 1 rings (SSSR count). The van der Waals surface area contributed by atoms with E-state index in [4.69, 9.17) is 9.84 Å². The van der Waals surface area contributed by atoms with Crippen molar-refractivity contribution in [2.45, 2.75) is 13.0 Å². The number of allylic oxidation sites excluding steroid dienone is 1. The van der Waals surface area contributed by atoms with Crippen molar-refractivity contribution in [3.05, 3.63) is 11.2 Å². The van der Waals surface area contributed by atoms with E-state index in [0.717, 1.165) is 0 Å². The monoisotopic (exact) mass is 160 g/mol. The molecule has 0 radical (unpaired) electrons. The molecule has 4 heteroatoms. The van der Waals surface area contributed by atoms with Crippen LogP contribution in [0.4, 0.5) is 0 Å². The van der Waals surface area contributed by atoms with Gasteiger partial charge in [0.1, 0.15) is 5.76 Å². The Balaban J connectivity index is 2.53. The largest absolute Gasteiger partial charge is 0.482 e. The van der Waals surface area contributed by atoms with Crippen LogP contribution < -0.4 is 0 Å². The number of rotatable bonds is 1. The van der Waals surface area contributed by atoms with E-state index in [0.29, 0.717) is 11.5 Å². The van der Waals surface area contributed by atoms with Crippen LogP contribution in [0, 0.1) is 0 Å². The van der Waals surface area contributed by atoms with Gasteiger partial charge in [-0.2, -0.15) is 0 Å². The molecule has 1 aliphatic rings. The van der Waals surface area contributed by atoms with E-state index in [1.54, 1.807) is 6.92 Å². The Morgan fingerprint density at radius 2 is 2.70 bits per heavy atom. The molecule has 0 aromatic rings. The number of carboxylic acids is 1. The number of hydrogen-bond donors (Lipinski definition) is 1. The normalized spacial score (nSPS) is 24.9. The first kappa shape index (κ1) is 7.47. The predicted molar refractivity (Wildman–Crippen MR) is 38.7 cm³/mol. The zero-order valence-corrected chi connectivity index (χ0v) is 6.35. The summed E-state index contributed by atoms with van der Waals surface area (Å²) in [6.45, 7) is 1.75. The van der Waals surface area contributed by atoms with Gasteiger partial charge in [0.2, 0.25) is 6.10 Å². The van der Waals surface area contributed by atoms with Gasteiger partial charge in [-0.15, -0.1) is 11.8 Å². The lowest BCUT2D eigenvalue weighted by Gasteiger charge is -2.18. The zero-order valence-electron chi connectivity index (χ0n) is 5.53. The Bertz CT molecular complexity index is 176. The number of carbonyl (C=O) groups is 1. The highest BCUT2D eigenvalue weighted by Crippen LogP contribution is 2.19. The fourth-order valence-corrected chi connectivity index (χ4v) is 1.43. The maximum atomic E-state index is 10.3. The summed E-state index contributed by atoms with van der Waals surface area (Å²) in [5, 5.41) is 10.3. The second-order valence-corrected chi connectivity index (χ2v) is 2.91. The highest BCUT2D eigenvalue weighted by Gasteiger charge is 2.21. The van der Waals surface area contributed by atoms with Crippen LogP contribution in [-0.2, 0) is 9.53 Å². The van der Waals surface area contributed by atoms with Gasteiger partial charge in [0.05, 0.1) is 0 Å². The summed E-state index contributed by atoms with van der Waals surface area (Å²) in [5.41, 5.74) is 0. The molecule has 3 nitrogen and oxygen atoms in total. The SMILES string of the molecule is CC1=CSCC(C(=O)O)O1. The van der Waals surface area contributed by atoms with Crippen molar-refractivity contribution in [2.75, 3.05) is 5.75 Å². The van der Waals surface area contributed by atoms with Crippen molar-refractivity contribution in [1.82, 2.24) is 0 Å². The third-order valence-corrected chi connectivity index (χ3v) is 2.09. The number of carboxylic acid groups (broad SMARTS) is 1. The van der Waals surface area contributed by atoms with Gasteiger partial charge in [0, 0.05) is 11.2 Å². The molecule has 0 aliphatic carbocycles. The summed E-state index contributed by atoms with van der Waals surface area (Å²) in [5.74, 6) is 0.302. The molecule has 1 atom stereocenters. The number of thioether (sulfide) groups is 1. The van der Waals surface area contributed by atoms with Gasteiger partial charge < -0.3 is 9.84 Å². The first-order chi connectivity index (χ1) is 4.70. The van der Waals surface area contributed by atoms with Crippen LogP contribution in [0.3, 0.4) is 0 Å². The van der Waals surface area contributed by atoms with E-state index in [2.05, 4.69) is 0 Å². The van der Waals surface area contributed by atoms with Gasteiger partial charge in [-0.05, 0) is 6.92 Å². The third kappa shape index (κ3) is 1.67. The smallest absolute Gasteiger partial charge is 0.345 e. The third-order valence-electron chi connectivity index (χ3n) is 1.10. The summed E-state index contributed by atoms with van der Waals surface area (Å²) in [6, 6.07) is 0. The lowest BCUT2D eigenvalue weighted by Crippen LogP contribution is -2.27. The van der Waals surface area contributed by atoms with Crippen LogP contribution in [0.5, 0.6) is 0 Å². The first-order valence-corrected chi connectivity index (χ1v) is 3.93. The zero-order chi connectivity index (χ0) is 7.56. The molecule has 10 heavy (non-hydrogen) atoms. The Hall–Kier alpha value is -0.640. The quantitative estimate of drug-likeness (QED) is 0.623. The molecule has 1 N–H and O–H groups in total. The van der Waals surface area contributed by atoms with E-state index in [-0.39, 0.29) is 0 Å². The molecule has 1 aliphatic heterocycles. The highest BCUT2D eigenvalue weighted by atomic mass is 32.2. The maximum Gasteiger partial charge on any atom is 0.345 e. The van der Waals surface area contributed by atoms with Gasteiger partial charge in [0.25, 0.3) is 0 Å². The van der Waals surface area contributed by atoms with Crippen LogP contribution in [-0.4, -0.2) is 22.9 Å². The molecule has 1 heterocycles. The summed E-state index contributed by atoms with van der Waals surface area (Å²) >= 11 is 1.47. The Morgan fingerprint density at radius 1 is 2.00 bits per heavy atom. The van der Waals surface area contributed by atoms with Crippen LogP contribution in [0.15, 0.2) is 11.2 Å². The van der Waals surface area contributed by atoms with E-state index in [1.165, 1.54) is 11.8 Å². The van der Waals surface area contributed by atoms with Crippen molar-refractivity contribution < 1.29 is 14.6 Å². The average Bonchev–Trinajstić information content (AvgIpc) is 1.88. The Labute approximate surface area is 63.1 Å². The molecular weight excluding hydrogens is 152 g/mol. The maximum absolute atomic E-state index is 10.3. The van der Waals surface area contributed by atoms with Crippen LogP contribution >= 0.6 is 11.8 Å². The highest BCUT2D eigenvalue weighted by molar-refractivity contribution is 8.02. The lowest BCUT2D eigenvalue weighted by molar-refractivity contribution is -0.146. The first-order valence-electron chi connectivity index (χ1n) is 2.88. The number of ether oxygens (including phenoxy) is 1. The lowest BCUT2D eigenvalue weighted by atomic mass is 10.4. The number of aliphatic carboxylic acids is 1. The van der Waals surface area contributed by atoms with Crippen molar-refractivity contribution in [3.8, 4) is 0 Å². The van der Waals surface area contributed by atoms with Gasteiger partial charge in [-0.3, -0.25) is 0 Å². The van der Waals surface area contributed by atoms with E-state index < -0.39 is 12.1 Å². The second-order valence-electron chi connectivity index (χ2n) is 2.01. The Morgan fingerprint density at radius 3 is 3.10 bits per heavy atom. The fourth-order valence-electron chi connectivity index (χ4n) is 0.661. The fraction of sp³-hybridized carbons (Fsp3) is 0.500. The predicted octanol–water partition coefficient (Wildman–Crippen LogP) is 1.06. The van der Waals surface area contributed by atoms with Gasteiger partial charge in [-0.25, -0.2) is 4.79 Å². The average molecular weight is 160 g/mol. The molecule has 0 amide bonds. The molecule has 0 aromatic carbocycles. The molecule has 56 valence electrons. The molecule has 0 spiro atoms. The summed E-state index contributed by atoms with van der Waals surface area (Å²) < 4.78 is 4.99. The Kier molecular flexibility index (Phi) is 2.21. The van der Waals surface area contributed by atoms with E-state index in [1.807, 2.05) is 5.41 Å². The van der Waals surface area contributed by atoms with Crippen molar-refractivity contribution in [3.63, 3.8) is 0 Å². The van der Waals surface area contributed by atoms with Crippen molar-refractivity contribution in [2.24, 2.45) is 0 Å². The summed E-state index contributed by atoms with van der Waals surface area (Å²) in [7, 11) is 0. The summed E-state index contributed by atoms with van der Waals surface area (Å²) in [6.07, 6.45) is -0.657. The summed E-state index contributed by atoms with van der Waals surface area (Å²) in [4.78, 5) is 10.3. The molecule has 0 aromatic heterocycles. The van der Waals surface area contributed by atoms with Crippen LogP contribution in [0.25, 0.3) is 0 Å². The van der Waals surface area contributed by atoms with Crippen LogP contribution in [0.2, 0.25) is 0 Å². The molecule has 0 saturated carbocycles. The van der Waals surface area contributed by atoms with Gasteiger partial charge >= 0.3 is 5.97 Å². The molecule has 1 unspecified atom stereocenters. The van der Waals surface area contributed by atoms with Crippen molar-refractivity contribution in [1.29, 1.82) is 0 Å².